The van der Waals surface area contributed by atoms with E-state index in [1.54, 1.807) is 47.6 Å². The number of carbonyl (C=O) groups excluding carboxylic acids is 3. The molecule has 2 N–H and O–H groups in total. The van der Waals surface area contributed by atoms with Crippen molar-refractivity contribution in [1.82, 2.24) is 29.7 Å². The number of nitrogens with one attached hydrogen (secondary N) is 2. The predicted octanol–water partition coefficient (Wildman–Crippen LogP) is 5.20. The molecular formula is C40H30N6O5. The zero-order chi connectivity index (χ0) is 35.2. The smallest absolute Gasteiger partial charge is 0.328 e. The first kappa shape index (κ1) is 31.5. The molecule has 5 heterocycles. The summed E-state index contributed by atoms with van der Waals surface area (Å²) in [7, 11) is 3.54. The highest BCUT2D eigenvalue weighted by Crippen LogP contribution is 2.34. The molecule has 1 aliphatic rings. The Morgan fingerprint density at radius 2 is 1.73 bits per heavy atom. The summed E-state index contributed by atoms with van der Waals surface area (Å²) in [5.41, 5.74) is 6.77. The number of hydrogen-bond donors (Lipinski definition) is 2. The average Bonchev–Trinajstić information content (AvgIpc) is 3.67. The number of piperidine rings is 1. The number of furan rings is 1. The van der Waals surface area contributed by atoms with Crippen molar-refractivity contribution >= 4 is 50.5 Å². The second-order valence-electron chi connectivity index (χ2n) is 12.5. The SMILES string of the molecule is Cn1c(=O)n(C)c2cc(-c3cccc4cc(-c5ccc(C(=O)NCC#Cc6cc7c(C8CCC(=O)NC8=O)cccc7o6)nc5)ncc34)ccc21. The number of pyridine rings is 2. The molecule has 3 amide bonds. The maximum atomic E-state index is 12.8. The van der Waals surface area contributed by atoms with Crippen molar-refractivity contribution in [3.8, 4) is 34.2 Å². The predicted molar refractivity (Wildman–Crippen MR) is 193 cm³/mol. The Hall–Kier alpha value is -6.80. The van der Waals surface area contributed by atoms with Crippen molar-refractivity contribution in [1.29, 1.82) is 0 Å². The first-order valence-electron chi connectivity index (χ1n) is 16.4. The van der Waals surface area contributed by atoms with Crippen LogP contribution in [0.1, 0.15) is 40.6 Å². The van der Waals surface area contributed by atoms with E-state index in [0.29, 0.717) is 17.8 Å². The van der Waals surface area contributed by atoms with E-state index in [-0.39, 0.29) is 42.1 Å². The molecule has 3 aromatic carbocycles. The molecule has 4 aromatic heterocycles. The summed E-state index contributed by atoms with van der Waals surface area (Å²) >= 11 is 0. The first-order chi connectivity index (χ1) is 24.7. The largest absolute Gasteiger partial charge is 0.448 e. The molecule has 51 heavy (non-hydrogen) atoms. The van der Waals surface area contributed by atoms with Gasteiger partial charge in [-0.25, -0.2) is 4.79 Å². The molecule has 1 unspecified atom stereocenters. The zero-order valence-electron chi connectivity index (χ0n) is 27.7. The number of nitrogens with zero attached hydrogens (tertiary/aromatic N) is 4. The molecule has 0 radical (unpaired) electrons. The van der Waals surface area contributed by atoms with Gasteiger partial charge < -0.3 is 9.73 Å². The summed E-state index contributed by atoms with van der Waals surface area (Å²) < 4.78 is 9.16. The Morgan fingerprint density at radius 3 is 2.55 bits per heavy atom. The molecule has 11 nitrogen and oxygen atoms in total. The molecule has 0 spiro atoms. The number of aryl methyl sites for hydroxylation is 2. The quantitative estimate of drug-likeness (QED) is 0.189. The number of benzene rings is 3. The van der Waals surface area contributed by atoms with E-state index >= 15 is 0 Å². The maximum Gasteiger partial charge on any atom is 0.328 e. The van der Waals surface area contributed by atoms with Gasteiger partial charge in [-0.05, 0) is 70.8 Å². The molecule has 8 rings (SSSR count). The highest BCUT2D eigenvalue weighted by Gasteiger charge is 2.29. The van der Waals surface area contributed by atoms with Gasteiger partial charge >= 0.3 is 5.69 Å². The van der Waals surface area contributed by atoms with Gasteiger partial charge in [0.05, 0.1) is 29.2 Å². The fraction of sp³-hybridized carbons (Fsp3) is 0.150. The van der Waals surface area contributed by atoms with Crippen LogP contribution in [0.5, 0.6) is 0 Å². The number of carbonyl (C=O) groups is 3. The van der Waals surface area contributed by atoms with E-state index < -0.39 is 5.92 Å². The van der Waals surface area contributed by atoms with Gasteiger partial charge in [-0.2, -0.15) is 0 Å². The molecule has 0 saturated carbocycles. The van der Waals surface area contributed by atoms with Gasteiger partial charge in [0.2, 0.25) is 11.8 Å². The molecule has 1 fully saturated rings. The summed E-state index contributed by atoms with van der Waals surface area (Å²) in [5.74, 6) is 4.86. The third-order valence-electron chi connectivity index (χ3n) is 9.40. The summed E-state index contributed by atoms with van der Waals surface area (Å²) in [6.07, 6.45) is 4.19. The lowest BCUT2D eigenvalue weighted by Crippen LogP contribution is -2.39. The number of hydrogen-bond acceptors (Lipinski definition) is 7. The monoisotopic (exact) mass is 674 g/mol. The van der Waals surface area contributed by atoms with Gasteiger partial charge in [0.1, 0.15) is 11.3 Å². The molecule has 0 bridgehead atoms. The van der Waals surface area contributed by atoms with Crippen molar-refractivity contribution in [2.24, 2.45) is 14.1 Å². The molecule has 1 atom stereocenters. The Balaban J connectivity index is 0.947. The molecule has 7 aromatic rings. The van der Waals surface area contributed by atoms with Crippen LogP contribution in [0, 0.1) is 11.8 Å². The Labute approximate surface area is 290 Å². The zero-order valence-corrected chi connectivity index (χ0v) is 27.7. The molecule has 11 heteroatoms. The fourth-order valence-corrected chi connectivity index (χ4v) is 6.72. The van der Waals surface area contributed by atoms with E-state index in [0.717, 1.165) is 55.1 Å². The van der Waals surface area contributed by atoms with Crippen molar-refractivity contribution in [3.63, 3.8) is 0 Å². The van der Waals surface area contributed by atoms with Crippen LogP contribution in [0.15, 0.2) is 100 Å². The summed E-state index contributed by atoms with van der Waals surface area (Å²) in [5, 5.41) is 7.91. The Bertz CT molecular complexity index is 2690. The van der Waals surface area contributed by atoms with Gasteiger partial charge in [-0.3, -0.25) is 38.8 Å². The molecule has 1 saturated heterocycles. The lowest BCUT2D eigenvalue weighted by Gasteiger charge is -2.21. The second-order valence-corrected chi connectivity index (χ2v) is 12.5. The molecule has 0 aliphatic carbocycles. The summed E-state index contributed by atoms with van der Waals surface area (Å²) in [6.45, 7) is 0.0708. The van der Waals surface area contributed by atoms with Gasteiger partial charge in [-0.1, -0.05) is 42.3 Å². The van der Waals surface area contributed by atoms with E-state index in [1.807, 2.05) is 66.9 Å². The number of imidazole rings is 1. The van der Waals surface area contributed by atoms with Crippen molar-refractivity contribution in [3.05, 3.63) is 119 Å². The normalized spacial score (nSPS) is 14.4. The number of imide groups is 1. The molecule has 1 aliphatic heterocycles. The third-order valence-corrected chi connectivity index (χ3v) is 9.40. The standard InChI is InChI=1S/C40H30N6O5/c1-45-34-15-12-24(19-35(34)46(2)40(45)50)27-8-3-6-23-18-33(43-22-31(23)27)25-11-14-32(42-21-25)39(49)41-17-5-7-26-20-30-28(9-4-10-36(30)51-26)29-13-16-37(47)44-38(29)48/h3-4,6,8-12,14-15,18-22,29H,13,16-17H2,1-2H3,(H,41,49)(H,44,47,48). The minimum Gasteiger partial charge on any atom is -0.448 e. The third kappa shape index (κ3) is 5.72. The minimum atomic E-state index is -0.437. The van der Waals surface area contributed by atoms with Gasteiger partial charge in [0.15, 0.2) is 5.76 Å². The van der Waals surface area contributed by atoms with E-state index in [2.05, 4.69) is 27.5 Å². The number of rotatable bonds is 5. The number of aromatic nitrogens is 4. The van der Waals surface area contributed by atoms with Gasteiger partial charge in [-0.15, -0.1) is 0 Å². The van der Waals surface area contributed by atoms with Crippen molar-refractivity contribution in [2.75, 3.05) is 6.54 Å². The number of fused-ring (bicyclic) bond motifs is 3. The first-order valence-corrected chi connectivity index (χ1v) is 16.4. The van der Waals surface area contributed by atoms with Gasteiger partial charge in [0, 0.05) is 55.3 Å². The van der Waals surface area contributed by atoms with Crippen LogP contribution in [0.2, 0.25) is 0 Å². The van der Waals surface area contributed by atoms with Crippen LogP contribution in [0.3, 0.4) is 0 Å². The van der Waals surface area contributed by atoms with Crippen LogP contribution in [-0.2, 0) is 23.7 Å². The fourth-order valence-electron chi connectivity index (χ4n) is 6.72. The Morgan fingerprint density at radius 1 is 0.902 bits per heavy atom. The molecular weight excluding hydrogens is 644 g/mol. The summed E-state index contributed by atoms with van der Waals surface area (Å²) in [6, 6.07) is 24.8. The highest BCUT2D eigenvalue weighted by molar-refractivity contribution is 6.03. The topological polar surface area (TPSA) is 141 Å². The van der Waals surface area contributed by atoms with Crippen LogP contribution < -0.4 is 16.3 Å². The van der Waals surface area contributed by atoms with Crippen LogP contribution >= 0.6 is 0 Å². The van der Waals surface area contributed by atoms with Gasteiger partial charge in [0.25, 0.3) is 5.91 Å². The maximum absolute atomic E-state index is 12.8. The average molecular weight is 675 g/mol. The Kier molecular flexibility index (Phi) is 7.76. The van der Waals surface area contributed by atoms with E-state index in [9.17, 15) is 19.2 Å². The molecule has 250 valence electrons. The summed E-state index contributed by atoms with van der Waals surface area (Å²) in [4.78, 5) is 58.4. The van der Waals surface area contributed by atoms with Crippen LogP contribution in [0.4, 0.5) is 0 Å². The minimum absolute atomic E-state index is 0.0687. The van der Waals surface area contributed by atoms with Crippen LogP contribution in [0.25, 0.3) is 55.2 Å². The van der Waals surface area contributed by atoms with Crippen molar-refractivity contribution in [2.45, 2.75) is 18.8 Å². The van der Waals surface area contributed by atoms with Crippen LogP contribution in [-0.4, -0.2) is 43.4 Å². The van der Waals surface area contributed by atoms with E-state index in [1.165, 1.54) is 0 Å². The lowest BCUT2D eigenvalue weighted by atomic mass is 9.88. The van der Waals surface area contributed by atoms with Crippen molar-refractivity contribution < 1.29 is 18.8 Å². The number of amides is 3. The second kappa shape index (κ2) is 12.6. The van der Waals surface area contributed by atoms with E-state index in [4.69, 9.17) is 9.40 Å². The highest BCUT2D eigenvalue weighted by atomic mass is 16.3. The lowest BCUT2D eigenvalue weighted by molar-refractivity contribution is -0.134.